The number of amides is 1. The molecule has 5 aromatic rings. The van der Waals surface area contributed by atoms with Crippen molar-refractivity contribution in [3.8, 4) is 11.4 Å². The van der Waals surface area contributed by atoms with E-state index in [9.17, 15) is 9.18 Å². The van der Waals surface area contributed by atoms with Gasteiger partial charge in [-0.2, -0.15) is 0 Å². The van der Waals surface area contributed by atoms with Gasteiger partial charge >= 0.3 is 0 Å². The summed E-state index contributed by atoms with van der Waals surface area (Å²) < 4.78 is 20.6. The molecule has 1 aromatic heterocycles. The van der Waals surface area contributed by atoms with Crippen LogP contribution in [-0.2, 0) is 23.4 Å². The van der Waals surface area contributed by atoms with Crippen LogP contribution in [0.2, 0.25) is 10.0 Å². The lowest BCUT2D eigenvalue weighted by atomic mass is 10.0. The van der Waals surface area contributed by atoms with Crippen molar-refractivity contribution in [2.24, 2.45) is 0 Å². The average molecular weight is 622 g/mol. The Bertz CT molecular complexity index is 1650. The number of nitrogens with zero attached hydrogens (tertiary/aromatic N) is 3. The monoisotopic (exact) mass is 620 g/mol. The van der Waals surface area contributed by atoms with E-state index in [1.165, 1.54) is 23.9 Å². The third kappa shape index (κ3) is 7.50. The highest BCUT2D eigenvalue weighted by Crippen LogP contribution is 2.33. The first-order valence-electron chi connectivity index (χ1n) is 13.1. The van der Waals surface area contributed by atoms with E-state index in [2.05, 4.69) is 15.5 Å². The van der Waals surface area contributed by atoms with Crippen LogP contribution in [0.3, 0.4) is 0 Å². The molecule has 1 amide bonds. The normalized spacial score (nSPS) is 11.7. The van der Waals surface area contributed by atoms with Gasteiger partial charge in [-0.05, 0) is 65.6 Å². The summed E-state index contributed by atoms with van der Waals surface area (Å²) in [4.78, 5) is 13.4. The number of halogens is 3. The zero-order valence-corrected chi connectivity index (χ0v) is 25.0. The summed E-state index contributed by atoms with van der Waals surface area (Å²) in [6.45, 7) is 0. The molecule has 214 valence electrons. The first-order chi connectivity index (χ1) is 20.4. The second kappa shape index (κ2) is 13.9. The van der Waals surface area contributed by atoms with E-state index in [-0.39, 0.29) is 18.1 Å². The van der Waals surface area contributed by atoms with Gasteiger partial charge in [-0.15, -0.1) is 10.2 Å². The molecule has 0 saturated carbocycles. The lowest BCUT2D eigenvalue weighted by molar-refractivity contribution is -0.121. The van der Waals surface area contributed by atoms with Gasteiger partial charge in [0.15, 0.2) is 11.0 Å². The van der Waals surface area contributed by atoms with Gasteiger partial charge in [0.05, 0.1) is 30.3 Å². The molecule has 1 atom stereocenters. The van der Waals surface area contributed by atoms with E-state index >= 15 is 0 Å². The molecule has 4 aromatic carbocycles. The third-order valence-electron chi connectivity index (χ3n) is 6.54. The number of aromatic nitrogens is 3. The fourth-order valence-corrected chi connectivity index (χ4v) is 5.85. The summed E-state index contributed by atoms with van der Waals surface area (Å²) in [7, 11) is 1.60. The highest BCUT2D eigenvalue weighted by atomic mass is 35.5. The molecule has 0 radical (unpaired) electrons. The Hall–Kier alpha value is -3.85. The first-order valence-corrected chi connectivity index (χ1v) is 14.9. The van der Waals surface area contributed by atoms with Gasteiger partial charge in [0.25, 0.3) is 0 Å². The molecule has 1 heterocycles. The van der Waals surface area contributed by atoms with Crippen LogP contribution in [-0.4, -0.2) is 27.8 Å². The molecule has 0 aliphatic heterocycles. The zero-order valence-electron chi connectivity index (χ0n) is 22.6. The van der Waals surface area contributed by atoms with Crippen molar-refractivity contribution in [1.29, 1.82) is 0 Å². The number of nitrogens with one attached hydrogen (secondary N) is 1. The number of thioether (sulfide) groups is 1. The third-order valence-corrected chi connectivity index (χ3v) is 8.08. The number of carbonyl (C=O) groups excluding carboxylic acids is 1. The quantitative estimate of drug-likeness (QED) is 0.154. The molecule has 6 nitrogen and oxygen atoms in total. The summed E-state index contributed by atoms with van der Waals surface area (Å²) in [6.07, 6.45) is 0.651. The number of hydrogen-bond donors (Lipinski definition) is 1. The summed E-state index contributed by atoms with van der Waals surface area (Å²) in [5.41, 5.74) is 3.42. The highest BCUT2D eigenvalue weighted by Gasteiger charge is 2.26. The Kier molecular flexibility index (Phi) is 9.79. The van der Waals surface area contributed by atoms with Crippen LogP contribution in [0.5, 0.6) is 5.75 Å². The Labute approximate surface area is 257 Å². The van der Waals surface area contributed by atoms with Gasteiger partial charge in [-0.1, -0.05) is 89.6 Å². The van der Waals surface area contributed by atoms with Crippen LogP contribution in [0.1, 0.15) is 28.6 Å². The average Bonchev–Trinajstić information content (AvgIpc) is 3.41. The van der Waals surface area contributed by atoms with Gasteiger partial charge < -0.3 is 10.1 Å². The molecule has 1 N–H and O–H groups in total. The van der Waals surface area contributed by atoms with Crippen molar-refractivity contribution in [3.05, 3.63) is 135 Å². The summed E-state index contributed by atoms with van der Waals surface area (Å²) in [6, 6.07) is 28.2. The molecule has 1 unspecified atom stereocenters. The van der Waals surface area contributed by atoms with E-state index in [0.717, 1.165) is 22.4 Å². The van der Waals surface area contributed by atoms with Gasteiger partial charge in [0, 0.05) is 10.8 Å². The molecular weight excluding hydrogens is 594 g/mol. The van der Waals surface area contributed by atoms with Gasteiger partial charge in [0.2, 0.25) is 5.91 Å². The molecule has 0 fully saturated rings. The second-order valence-corrected chi connectivity index (χ2v) is 11.3. The van der Waals surface area contributed by atoms with Crippen molar-refractivity contribution in [2.45, 2.75) is 29.8 Å². The highest BCUT2D eigenvalue weighted by molar-refractivity contribution is 7.98. The van der Waals surface area contributed by atoms with Crippen molar-refractivity contribution < 1.29 is 13.9 Å². The number of benzene rings is 4. The van der Waals surface area contributed by atoms with Crippen molar-refractivity contribution >= 4 is 40.9 Å². The van der Waals surface area contributed by atoms with Crippen LogP contribution in [0.25, 0.3) is 5.69 Å². The maximum absolute atomic E-state index is 13.5. The van der Waals surface area contributed by atoms with Crippen LogP contribution in [0, 0.1) is 5.82 Å². The predicted octanol–water partition coefficient (Wildman–Crippen LogP) is 7.66. The van der Waals surface area contributed by atoms with E-state index in [0.29, 0.717) is 38.9 Å². The van der Waals surface area contributed by atoms with Crippen LogP contribution in [0.15, 0.2) is 102 Å². The number of methoxy groups -OCH3 is 1. The molecule has 5 rings (SSSR count). The molecule has 0 spiro atoms. The summed E-state index contributed by atoms with van der Waals surface area (Å²) in [5, 5.41) is 13.7. The minimum absolute atomic E-state index is 0.168. The van der Waals surface area contributed by atoms with E-state index in [1.807, 2.05) is 59.2 Å². The van der Waals surface area contributed by atoms with Crippen LogP contribution >= 0.6 is 35.0 Å². The van der Waals surface area contributed by atoms with E-state index < -0.39 is 6.04 Å². The smallest absolute Gasteiger partial charge is 0.225 e. The number of rotatable bonds is 11. The van der Waals surface area contributed by atoms with Gasteiger partial charge in [0.1, 0.15) is 11.6 Å². The summed E-state index contributed by atoms with van der Waals surface area (Å²) in [5.74, 6) is 1.30. The molecule has 42 heavy (non-hydrogen) atoms. The number of hydrogen-bond acceptors (Lipinski definition) is 5. The molecule has 0 saturated heterocycles. The van der Waals surface area contributed by atoms with Crippen molar-refractivity contribution in [3.63, 3.8) is 0 Å². The van der Waals surface area contributed by atoms with E-state index in [1.54, 1.807) is 37.4 Å². The molecule has 0 aliphatic rings. The topological polar surface area (TPSA) is 69.0 Å². The standard InChI is InChI=1S/C32H27Cl2FN4O2S/c1-41-26-14-9-22(10-15-26)18-30(40)36-28(17-21-5-3-2-4-6-21)31-37-38-32(42-20-23-7-12-25(35)13-8-23)39(31)29-16-11-24(33)19-27(29)34/h2-16,19,28H,17-18,20H2,1H3,(H,36,40). The lowest BCUT2D eigenvalue weighted by Crippen LogP contribution is -2.33. The van der Waals surface area contributed by atoms with Crippen molar-refractivity contribution in [2.75, 3.05) is 7.11 Å². The second-order valence-electron chi connectivity index (χ2n) is 9.52. The Morgan fingerprint density at radius 3 is 2.33 bits per heavy atom. The lowest BCUT2D eigenvalue weighted by Gasteiger charge is -2.21. The Morgan fingerprint density at radius 2 is 1.64 bits per heavy atom. The summed E-state index contributed by atoms with van der Waals surface area (Å²) >= 11 is 14.3. The molecule has 10 heteroatoms. The SMILES string of the molecule is COc1ccc(CC(=O)NC(Cc2ccccc2)c2nnc(SCc3ccc(F)cc3)n2-c2ccc(Cl)cc2Cl)cc1. The van der Waals surface area contributed by atoms with Gasteiger partial charge in [-0.3, -0.25) is 9.36 Å². The van der Waals surface area contributed by atoms with Gasteiger partial charge in [-0.25, -0.2) is 4.39 Å². The fraction of sp³-hybridized carbons (Fsp3) is 0.156. The minimum Gasteiger partial charge on any atom is -0.497 e. The Balaban J connectivity index is 1.50. The zero-order chi connectivity index (χ0) is 29.5. The molecule has 0 bridgehead atoms. The maximum atomic E-state index is 13.5. The molecular formula is C32H27Cl2FN4O2S. The first kappa shape index (κ1) is 29.6. The maximum Gasteiger partial charge on any atom is 0.225 e. The Morgan fingerprint density at radius 1 is 0.929 bits per heavy atom. The van der Waals surface area contributed by atoms with Crippen LogP contribution in [0.4, 0.5) is 4.39 Å². The molecule has 0 aliphatic carbocycles. The number of ether oxygens (including phenoxy) is 1. The van der Waals surface area contributed by atoms with Crippen molar-refractivity contribution in [1.82, 2.24) is 20.1 Å². The largest absolute Gasteiger partial charge is 0.497 e. The van der Waals surface area contributed by atoms with Crippen LogP contribution < -0.4 is 10.1 Å². The minimum atomic E-state index is -0.530. The van der Waals surface area contributed by atoms with E-state index in [4.69, 9.17) is 27.9 Å². The fourth-order valence-electron chi connectivity index (χ4n) is 4.45. The predicted molar refractivity (Wildman–Crippen MR) is 165 cm³/mol. The number of carbonyl (C=O) groups is 1.